The fourth-order valence-electron chi connectivity index (χ4n) is 4.60. The van der Waals surface area contributed by atoms with Crippen LogP contribution in [-0.4, -0.2) is 101 Å². The summed E-state index contributed by atoms with van der Waals surface area (Å²) in [4.78, 5) is 13.9. The summed E-state index contributed by atoms with van der Waals surface area (Å²) >= 11 is -1.03. The number of hydrogen-bond acceptors (Lipinski definition) is 10. The van der Waals surface area contributed by atoms with Crippen molar-refractivity contribution in [1.82, 2.24) is 19.2 Å². The maximum atomic E-state index is 13.2. The van der Waals surface area contributed by atoms with Gasteiger partial charge in [0.25, 0.3) is 6.43 Å². The minimum absolute atomic E-state index is 0.0417. The van der Waals surface area contributed by atoms with Crippen molar-refractivity contribution in [2.24, 2.45) is 0 Å². The van der Waals surface area contributed by atoms with Gasteiger partial charge >= 0.3 is 0 Å². The molecule has 5 rings (SSSR count). The standard InChI is InChI=1S/C23H30F2N8O2S/c1-36(34)33-11-17(12-33)28-23-29-21(27-16-4-2-3-15(9-16)20(24)25)19(10-26)22(30-23)32-13-18(14-32)31-5-7-35-8-6-31/h2-4,9-10,17-18,20,26H,5-8,11-14H2,1H3,(H2,27,28,29,30). The van der Waals surface area contributed by atoms with E-state index in [-0.39, 0.29) is 11.6 Å². The predicted molar refractivity (Wildman–Crippen MR) is 136 cm³/mol. The number of halogens is 2. The first-order chi connectivity index (χ1) is 17.4. The number of aromatic nitrogens is 2. The average Bonchev–Trinajstić information content (AvgIpc) is 2.81. The van der Waals surface area contributed by atoms with Crippen LogP contribution >= 0.6 is 0 Å². The summed E-state index contributed by atoms with van der Waals surface area (Å²) < 4.78 is 45.4. The van der Waals surface area contributed by atoms with E-state index in [4.69, 9.17) is 15.1 Å². The van der Waals surface area contributed by atoms with Crippen molar-refractivity contribution in [3.63, 3.8) is 0 Å². The normalized spacial score (nSPS) is 20.6. The fourth-order valence-corrected chi connectivity index (χ4v) is 5.38. The first kappa shape index (κ1) is 25.1. The van der Waals surface area contributed by atoms with Crippen LogP contribution < -0.4 is 15.5 Å². The van der Waals surface area contributed by atoms with Gasteiger partial charge in [0.05, 0.1) is 37.9 Å². The van der Waals surface area contributed by atoms with Crippen molar-refractivity contribution in [3.05, 3.63) is 35.4 Å². The monoisotopic (exact) mass is 520 g/mol. The second kappa shape index (κ2) is 10.8. The van der Waals surface area contributed by atoms with E-state index < -0.39 is 17.8 Å². The molecule has 13 heteroatoms. The van der Waals surface area contributed by atoms with E-state index in [9.17, 15) is 13.3 Å². The van der Waals surface area contributed by atoms with Gasteiger partial charge < -0.3 is 30.2 Å². The molecule has 0 amide bonds. The maximum absolute atomic E-state index is 13.2. The molecule has 0 saturated carbocycles. The van der Waals surface area contributed by atoms with Crippen LogP contribution in [0.2, 0.25) is 0 Å². The Bertz CT molecular complexity index is 1080. The summed E-state index contributed by atoms with van der Waals surface area (Å²) in [5.74, 6) is 1.37. The lowest BCUT2D eigenvalue weighted by atomic mass is 10.1. The Balaban J connectivity index is 1.39. The minimum atomic E-state index is -2.59. The van der Waals surface area contributed by atoms with Gasteiger partial charge in [-0.15, -0.1) is 4.31 Å². The zero-order chi connectivity index (χ0) is 25.2. The van der Waals surface area contributed by atoms with Gasteiger partial charge in [0.2, 0.25) is 5.95 Å². The average molecular weight is 521 g/mol. The van der Waals surface area contributed by atoms with Crippen LogP contribution in [0.3, 0.4) is 0 Å². The summed E-state index contributed by atoms with van der Waals surface area (Å²) in [6.45, 7) is 6.01. The summed E-state index contributed by atoms with van der Waals surface area (Å²) in [6, 6.07) is 6.43. The molecule has 1 atom stereocenters. The third kappa shape index (κ3) is 5.39. The molecular formula is C23H30F2N8O2S. The van der Waals surface area contributed by atoms with Crippen LogP contribution in [0, 0.1) is 5.41 Å². The molecule has 1 aromatic heterocycles. The number of alkyl halides is 2. The third-order valence-electron chi connectivity index (χ3n) is 6.74. The van der Waals surface area contributed by atoms with E-state index in [0.717, 1.165) is 39.4 Å². The van der Waals surface area contributed by atoms with E-state index in [2.05, 4.69) is 25.4 Å². The Morgan fingerprint density at radius 3 is 2.61 bits per heavy atom. The number of anilines is 4. The van der Waals surface area contributed by atoms with Gasteiger partial charge in [0.15, 0.2) is 0 Å². The zero-order valence-corrected chi connectivity index (χ0v) is 20.8. The third-order valence-corrected chi connectivity index (χ3v) is 7.77. The van der Waals surface area contributed by atoms with Crippen LogP contribution in [0.1, 0.15) is 17.6 Å². The highest BCUT2D eigenvalue weighted by atomic mass is 32.2. The van der Waals surface area contributed by atoms with Crippen LogP contribution in [0.15, 0.2) is 24.3 Å². The highest BCUT2D eigenvalue weighted by Gasteiger charge is 2.37. The van der Waals surface area contributed by atoms with Gasteiger partial charge in [0.1, 0.15) is 17.9 Å². The van der Waals surface area contributed by atoms with Crippen LogP contribution in [0.4, 0.5) is 32.1 Å². The molecule has 0 aliphatic carbocycles. The van der Waals surface area contributed by atoms with Crippen molar-refractivity contribution >= 4 is 40.8 Å². The molecule has 3 fully saturated rings. The minimum Gasteiger partial charge on any atom is -0.598 e. The van der Waals surface area contributed by atoms with E-state index in [0.29, 0.717) is 48.0 Å². The molecule has 0 spiro atoms. The molecule has 3 aliphatic rings. The lowest BCUT2D eigenvalue weighted by molar-refractivity contribution is 0.0104. The number of rotatable bonds is 9. The first-order valence-electron chi connectivity index (χ1n) is 11.9. The molecular weight excluding hydrogens is 490 g/mol. The van der Waals surface area contributed by atoms with Crippen molar-refractivity contribution in [2.75, 3.05) is 74.3 Å². The Morgan fingerprint density at radius 2 is 1.94 bits per heavy atom. The molecule has 1 aromatic carbocycles. The van der Waals surface area contributed by atoms with Crippen molar-refractivity contribution in [3.8, 4) is 0 Å². The van der Waals surface area contributed by atoms with Crippen molar-refractivity contribution in [1.29, 1.82) is 5.41 Å². The molecule has 0 radical (unpaired) electrons. The van der Waals surface area contributed by atoms with Crippen molar-refractivity contribution in [2.45, 2.75) is 18.5 Å². The Morgan fingerprint density at radius 1 is 1.19 bits per heavy atom. The highest BCUT2D eigenvalue weighted by molar-refractivity contribution is 7.88. The van der Waals surface area contributed by atoms with Gasteiger partial charge in [-0.3, -0.25) is 4.90 Å². The summed E-state index contributed by atoms with van der Waals surface area (Å²) in [6.07, 6.45) is 0.260. The number of morpholine rings is 1. The quantitative estimate of drug-likeness (QED) is 0.338. The molecule has 4 heterocycles. The number of nitrogens with zero attached hydrogens (tertiary/aromatic N) is 5. The van der Waals surface area contributed by atoms with E-state index >= 15 is 0 Å². The van der Waals surface area contributed by atoms with Gasteiger partial charge in [-0.1, -0.05) is 12.1 Å². The predicted octanol–water partition coefficient (Wildman–Crippen LogP) is 2.07. The van der Waals surface area contributed by atoms with E-state index in [1.165, 1.54) is 18.3 Å². The summed E-state index contributed by atoms with van der Waals surface area (Å²) in [7, 11) is 0. The molecule has 10 nitrogen and oxygen atoms in total. The van der Waals surface area contributed by atoms with E-state index in [1.54, 1.807) is 18.4 Å². The summed E-state index contributed by atoms with van der Waals surface area (Å²) in [5, 5.41) is 14.5. The number of hydrogen-bond donors (Lipinski definition) is 3. The Labute approximate surface area is 211 Å². The number of ether oxygens (including phenoxy) is 1. The number of benzene rings is 1. The van der Waals surface area contributed by atoms with Gasteiger partial charge in [0, 0.05) is 61.0 Å². The van der Waals surface area contributed by atoms with Gasteiger partial charge in [-0.25, -0.2) is 8.78 Å². The molecule has 3 saturated heterocycles. The second-order valence-electron chi connectivity index (χ2n) is 9.15. The van der Waals surface area contributed by atoms with Crippen LogP contribution in [0.25, 0.3) is 0 Å². The Kier molecular flexibility index (Phi) is 7.53. The largest absolute Gasteiger partial charge is 0.598 e. The summed E-state index contributed by atoms with van der Waals surface area (Å²) in [5.41, 5.74) is 0.855. The SMILES string of the molecule is C[S+]([O-])N1CC(Nc2nc(Nc3cccc(C(F)F)c3)c(C=N)c(N3CC(N4CCOCC4)C3)n2)C1. The topological polar surface area (TPSA) is 116 Å². The van der Waals surface area contributed by atoms with Crippen LogP contribution in [0.5, 0.6) is 0 Å². The van der Waals surface area contributed by atoms with E-state index in [1.807, 2.05) is 4.31 Å². The zero-order valence-electron chi connectivity index (χ0n) is 20.0. The second-order valence-corrected chi connectivity index (χ2v) is 10.5. The molecule has 194 valence electrons. The lowest BCUT2D eigenvalue weighted by Crippen LogP contribution is -2.62. The number of nitrogens with one attached hydrogen (secondary N) is 3. The van der Waals surface area contributed by atoms with Crippen LogP contribution in [-0.2, 0) is 16.1 Å². The fraction of sp³-hybridized carbons (Fsp3) is 0.522. The maximum Gasteiger partial charge on any atom is 0.263 e. The lowest BCUT2D eigenvalue weighted by Gasteiger charge is -2.47. The van der Waals surface area contributed by atoms with Gasteiger partial charge in [-0.2, -0.15) is 9.97 Å². The highest BCUT2D eigenvalue weighted by Crippen LogP contribution is 2.32. The molecule has 3 N–H and O–H groups in total. The first-order valence-corrected chi connectivity index (χ1v) is 13.4. The molecule has 1 unspecified atom stereocenters. The Hall–Kier alpha value is -2.58. The molecule has 0 bridgehead atoms. The smallest absolute Gasteiger partial charge is 0.263 e. The van der Waals surface area contributed by atoms with Gasteiger partial charge in [-0.05, 0) is 12.1 Å². The molecule has 3 aliphatic heterocycles. The molecule has 2 aromatic rings. The molecule has 36 heavy (non-hydrogen) atoms. The van der Waals surface area contributed by atoms with Crippen molar-refractivity contribution < 1.29 is 18.1 Å².